The van der Waals surface area contributed by atoms with Gasteiger partial charge in [-0.1, -0.05) is 127 Å². The summed E-state index contributed by atoms with van der Waals surface area (Å²) >= 11 is 0. The number of hydrogen-bond donors (Lipinski definition) is 0. The second kappa shape index (κ2) is 11.2. The predicted octanol–water partition coefficient (Wildman–Crippen LogP) is 13.9. The van der Waals surface area contributed by atoms with Gasteiger partial charge < -0.3 is 13.9 Å². The molecule has 0 fully saturated rings. The number of benzene rings is 8. The van der Waals surface area contributed by atoms with Crippen molar-refractivity contribution in [2.24, 2.45) is 0 Å². The molecular weight excluding hydrogens is 639 g/mol. The van der Waals surface area contributed by atoms with Crippen LogP contribution in [0.25, 0.3) is 66.4 Å². The van der Waals surface area contributed by atoms with Crippen molar-refractivity contribution in [3.63, 3.8) is 0 Å². The lowest BCUT2D eigenvalue weighted by atomic mass is 9.93. The van der Waals surface area contributed by atoms with Gasteiger partial charge in [0.25, 0.3) is 0 Å². The van der Waals surface area contributed by atoms with Gasteiger partial charge in [-0.15, -0.1) is 0 Å². The SMILES string of the molecule is c1ccc(-c2cc3c4c(c2)Oc2cc(-c5cccc6oc7ccccc7c56)ccc2N4c2ccc(-c4ccccc4-c4ccccc4)cc2O3)cc1. The van der Waals surface area contributed by atoms with Crippen molar-refractivity contribution < 1.29 is 13.9 Å². The number of rotatable bonds is 4. The summed E-state index contributed by atoms with van der Waals surface area (Å²) < 4.78 is 20.0. The van der Waals surface area contributed by atoms with Crippen molar-refractivity contribution in [2.45, 2.75) is 0 Å². The van der Waals surface area contributed by atoms with E-state index in [2.05, 4.69) is 157 Å². The molecule has 52 heavy (non-hydrogen) atoms. The fraction of sp³-hybridized carbons (Fsp3) is 0. The molecule has 2 aliphatic rings. The third kappa shape index (κ3) is 4.41. The standard InChI is InChI=1S/C48H29NO3/c1-3-12-30(13-4-1)34-28-45-48-46(29-34)52-44-27-33(37-19-11-21-42-47(37)38-18-9-10-20-41(38)50-42)23-25-40(44)49(48)39-24-22-32(26-43(39)51-45)36-17-8-7-16-35(36)31-14-5-2-6-15-31/h1-29H. The molecule has 0 atom stereocenters. The van der Waals surface area contributed by atoms with Gasteiger partial charge in [-0.2, -0.15) is 0 Å². The molecular formula is C48H29NO3. The molecule has 0 unspecified atom stereocenters. The van der Waals surface area contributed by atoms with Gasteiger partial charge >= 0.3 is 0 Å². The third-order valence-electron chi connectivity index (χ3n) is 10.2. The number of nitrogens with zero attached hydrogens (tertiary/aromatic N) is 1. The highest BCUT2D eigenvalue weighted by Crippen LogP contribution is 2.61. The second-order valence-electron chi connectivity index (χ2n) is 13.3. The number of para-hydroxylation sites is 1. The Kier molecular flexibility index (Phi) is 6.22. The van der Waals surface area contributed by atoms with Gasteiger partial charge in [0.05, 0.1) is 11.4 Å². The zero-order valence-electron chi connectivity index (χ0n) is 27.9. The summed E-state index contributed by atoms with van der Waals surface area (Å²) in [6.45, 7) is 0. The second-order valence-corrected chi connectivity index (χ2v) is 13.3. The fourth-order valence-electron chi connectivity index (χ4n) is 7.88. The van der Waals surface area contributed by atoms with E-state index in [0.29, 0.717) is 0 Å². The topological polar surface area (TPSA) is 34.8 Å². The highest BCUT2D eigenvalue weighted by Gasteiger charge is 2.36. The van der Waals surface area contributed by atoms with Crippen LogP contribution in [0.1, 0.15) is 0 Å². The Bertz CT molecular complexity index is 2860. The van der Waals surface area contributed by atoms with Gasteiger partial charge in [-0.05, 0) is 93.0 Å². The molecule has 4 heteroatoms. The van der Waals surface area contributed by atoms with Crippen LogP contribution in [0.15, 0.2) is 180 Å². The lowest BCUT2D eigenvalue weighted by Crippen LogP contribution is -2.20. The molecule has 244 valence electrons. The van der Waals surface area contributed by atoms with Crippen LogP contribution in [0, 0.1) is 0 Å². The Morgan fingerprint density at radius 3 is 1.56 bits per heavy atom. The van der Waals surface area contributed by atoms with E-state index in [0.717, 1.165) is 95.4 Å². The van der Waals surface area contributed by atoms with Crippen LogP contribution in [0.3, 0.4) is 0 Å². The Labute approximate surface area is 300 Å². The summed E-state index contributed by atoms with van der Waals surface area (Å²) in [6, 6.07) is 61.2. The van der Waals surface area contributed by atoms with Crippen molar-refractivity contribution in [3.05, 3.63) is 176 Å². The summed E-state index contributed by atoms with van der Waals surface area (Å²) in [6.07, 6.45) is 0. The molecule has 0 radical (unpaired) electrons. The number of hydrogen-bond acceptors (Lipinski definition) is 4. The number of anilines is 3. The first-order valence-corrected chi connectivity index (χ1v) is 17.5. The van der Waals surface area contributed by atoms with E-state index in [-0.39, 0.29) is 0 Å². The minimum Gasteiger partial charge on any atom is -0.456 e. The van der Waals surface area contributed by atoms with Crippen molar-refractivity contribution in [2.75, 3.05) is 4.90 Å². The number of ether oxygens (including phenoxy) is 2. The van der Waals surface area contributed by atoms with Crippen LogP contribution in [0.5, 0.6) is 23.0 Å². The molecule has 8 aromatic carbocycles. The molecule has 0 saturated heterocycles. The third-order valence-corrected chi connectivity index (χ3v) is 10.2. The maximum atomic E-state index is 6.86. The van der Waals surface area contributed by atoms with Crippen molar-refractivity contribution in [1.29, 1.82) is 0 Å². The predicted molar refractivity (Wildman–Crippen MR) is 210 cm³/mol. The molecule has 0 N–H and O–H groups in total. The summed E-state index contributed by atoms with van der Waals surface area (Å²) in [5, 5.41) is 2.20. The number of furan rings is 1. The van der Waals surface area contributed by atoms with Crippen LogP contribution in [-0.2, 0) is 0 Å². The van der Waals surface area contributed by atoms with E-state index in [1.807, 2.05) is 24.3 Å². The minimum atomic E-state index is 0.747. The van der Waals surface area contributed by atoms with Crippen LogP contribution in [0.2, 0.25) is 0 Å². The number of fused-ring (bicyclic) bond motifs is 7. The molecule has 3 heterocycles. The minimum absolute atomic E-state index is 0.747. The molecule has 11 rings (SSSR count). The van der Waals surface area contributed by atoms with E-state index in [4.69, 9.17) is 13.9 Å². The average molecular weight is 668 g/mol. The Morgan fingerprint density at radius 2 is 0.865 bits per heavy atom. The zero-order valence-corrected chi connectivity index (χ0v) is 27.9. The van der Waals surface area contributed by atoms with Crippen molar-refractivity contribution in [3.8, 4) is 67.5 Å². The van der Waals surface area contributed by atoms with Gasteiger partial charge in [0.2, 0.25) is 0 Å². The summed E-state index contributed by atoms with van der Waals surface area (Å²) in [5.74, 6) is 3.06. The summed E-state index contributed by atoms with van der Waals surface area (Å²) in [5.41, 5.74) is 13.4. The van der Waals surface area contributed by atoms with Gasteiger partial charge in [0, 0.05) is 10.8 Å². The molecule has 0 saturated carbocycles. The smallest absolute Gasteiger partial charge is 0.156 e. The monoisotopic (exact) mass is 667 g/mol. The first-order chi connectivity index (χ1) is 25.8. The van der Waals surface area contributed by atoms with Crippen LogP contribution >= 0.6 is 0 Å². The molecule has 0 amide bonds. The first kappa shape index (κ1) is 28.8. The fourth-order valence-corrected chi connectivity index (χ4v) is 7.88. The molecule has 4 nitrogen and oxygen atoms in total. The Hall–Kier alpha value is -7.04. The Morgan fingerprint density at radius 1 is 0.346 bits per heavy atom. The molecule has 0 aliphatic carbocycles. The van der Waals surface area contributed by atoms with Gasteiger partial charge in [-0.3, -0.25) is 4.90 Å². The normalized spacial score (nSPS) is 12.5. The van der Waals surface area contributed by atoms with Gasteiger partial charge in [-0.25, -0.2) is 0 Å². The largest absolute Gasteiger partial charge is 0.456 e. The van der Waals surface area contributed by atoms with Crippen molar-refractivity contribution in [1.82, 2.24) is 0 Å². The lowest BCUT2D eigenvalue weighted by Gasteiger charge is -2.38. The van der Waals surface area contributed by atoms with Gasteiger partial charge in [0.15, 0.2) is 23.0 Å². The first-order valence-electron chi connectivity index (χ1n) is 17.5. The van der Waals surface area contributed by atoms with Crippen LogP contribution < -0.4 is 14.4 Å². The lowest BCUT2D eigenvalue weighted by molar-refractivity contribution is 0.446. The van der Waals surface area contributed by atoms with E-state index in [1.54, 1.807) is 0 Å². The van der Waals surface area contributed by atoms with E-state index < -0.39 is 0 Å². The van der Waals surface area contributed by atoms with Crippen LogP contribution in [-0.4, -0.2) is 0 Å². The highest BCUT2D eigenvalue weighted by atomic mass is 16.5. The molecule has 0 spiro atoms. The van der Waals surface area contributed by atoms with Gasteiger partial charge in [0.1, 0.15) is 16.9 Å². The average Bonchev–Trinajstić information content (AvgIpc) is 3.60. The maximum absolute atomic E-state index is 6.86. The van der Waals surface area contributed by atoms with Crippen LogP contribution in [0.4, 0.5) is 17.1 Å². The molecule has 2 aliphatic heterocycles. The van der Waals surface area contributed by atoms with E-state index in [9.17, 15) is 0 Å². The molecule has 0 bridgehead atoms. The maximum Gasteiger partial charge on any atom is 0.156 e. The summed E-state index contributed by atoms with van der Waals surface area (Å²) in [7, 11) is 0. The van der Waals surface area contributed by atoms with Crippen molar-refractivity contribution >= 4 is 39.0 Å². The Balaban J connectivity index is 1.10. The molecule has 1 aromatic heterocycles. The summed E-state index contributed by atoms with van der Waals surface area (Å²) in [4.78, 5) is 2.29. The van der Waals surface area contributed by atoms with E-state index >= 15 is 0 Å². The zero-order chi connectivity index (χ0) is 34.2. The van der Waals surface area contributed by atoms with E-state index in [1.165, 1.54) is 11.1 Å². The molecule has 9 aromatic rings. The quantitative estimate of drug-likeness (QED) is 0.187. The highest BCUT2D eigenvalue weighted by molar-refractivity contribution is 6.12.